The second-order valence-corrected chi connectivity index (χ2v) is 17.9. The van der Waals surface area contributed by atoms with Gasteiger partial charge < -0.3 is 34.0 Å². The number of ether oxygens (including phenoxy) is 4. The fourth-order valence-corrected chi connectivity index (χ4v) is 11.6. The summed E-state index contributed by atoms with van der Waals surface area (Å²) in [7, 11) is 0. The van der Waals surface area contributed by atoms with Gasteiger partial charge in [0, 0.05) is 47.7 Å². The van der Waals surface area contributed by atoms with Gasteiger partial charge in [0.15, 0.2) is 0 Å². The Bertz CT molecular complexity index is 1590. The van der Waals surface area contributed by atoms with Crippen molar-refractivity contribution in [3.63, 3.8) is 0 Å². The number of nitrogens with zero attached hydrogens (tertiary/aromatic N) is 1. The Labute approximate surface area is 330 Å². The molecule has 8 nitrogen and oxygen atoms in total. The number of hydrogen-bond donors (Lipinski definition) is 2. The summed E-state index contributed by atoms with van der Waals surface area (Å²) in [5, 5.41) is 25.3. The zero-order valence-corrected chi connectivity index (χ0v) is 33.5. The summed E-state index contributed by atoms with van der Waals surface area (Å²) < 4.78 is 27.0. The average molecular weight is 778 g/mol. The van der Waals surface area contributed by atoms with Gasteiger partial charge in [-0.05, 0) is 117 Å². The van der Waals surface area contributed by atoms with Crippen LogP contribution in [0.15, 0.2) is 76.8 Å². The lowest BCUT2D eigenvalue weighted by atomic mass is 9.56. The minimum atomic E-state index is -0.952. The molecule has 2 heterocycles. The Kier molecular flexibility index (Phi) is 14.1. The van der Waals surface area contributed by atoms with Crippen LogP contribution < -0.4 is 9.47 Å². The van der Waals surface area contributed by atoms with Crippen LogP contribution in [0.5, 0.6) is 17.2 Å². The van der Waals surface area contributed by atoms with Gasteiger partial charge >= 0.3 is 0 Å². The van der Waals surface area contributed by atoms with Crippen LogP contribution in [-0.4, -0.2) is 71.2 Å². The number of aliphatic hydroxyl groups excluding tert-OH is 2. The summed E-state index contributed by atoms with van der Waals surface area (Å²) in [6.45, 7) is 5.50. The highest BCUT2D eigenvalue weighted by atomic mass is 32.2. The number of benzene rings is 2. The van der Waals surface area contributed by atoms with Crippen molar-refractivity contribution in [3.05, 3.63) is 72.3 Å². The molecule has 5 aliphatic rings. The van der Waals surface area contributed by atoms with E-state index in [2.05, 4.69) is 43.2 Å². The van der Waals surface area contributed by atoms with E-state index in [1.807, 2.05) is 36.0 Å². The Morgan fingerprint density at radius 2 is 1.70 bits per heavy atom. The van der Waals surface area contributed by atoms with Gasteiger partial charge in [0.05, 0.1) is 30.1 Å². The van der Waals surface area contributed by atoms with Crippen LogP contribution in [0.4, 0.5) is 0 Å². The van der Waals surface area contributed by atoms with Crippen molar-refractivity contribution in [1.82, 2.24) is 0 Å². The van der Waals surface area contributed by atoms with Crippen molar-refractivity contribution in [2.45, 2.75) is 123 Å². The van der Waals surface area contributed by atoms with Gasteiger partial charge in [0.25, 0.3) is 0 Å². The molecule has 1 saturated heterocycles. The average Bonchev–Trinajstić information content (AvgIpc) is 3.72. The Balaban J connectivity index is 1.37. The first-order valence-electron chi connectivity index (χ1n) is 20.4. The first-order chi connectivity index (χ1) is 26.6. The van der Waals surface area contributed by atoms with Gasteiger partial charge in [-0.2, -0.15) is 0 Å². The number of oxime groups is 1. The Hall–Kier alpha value is -2.47. The lowest BCUT2D eigenvalue weighted by Gasteiger charge is -2.58. The molecule has 2 N–H and O–H groups in total. The van der Waals surface area contributed by atoms with E-state index in [-0.39, 0.29) is 48.4 Å². The Morgan fingerprint density at radius 3 is 2.43 bits per heavy atom. The topological polar surface area (TPSA) is 99.0 Å². The molecule has 1 unspecified atom stereocenters. The van der Waals surface area contributed by atoms with Crippen LogP contribution >= 0.6 is 23.5 Å². The molecule has 0 bridgehead atoms. The molecular weight excluding hydrogens is 719 g/mol. The van der Waals surface area contributed by atoms with Crippen LogP contribution in [0, 0.1) is 17.8 Å². The summed E-state index contributed by atoms with van der Waals surface area (Å²) >= 11 is 3.74. The van der Waals surface area contributed by atoms with Crippen molar-refractivity contribution >= 4 is 29.2 Å². The van der Waals surface area contributed by atoms with Crippen LogP contribution in [0.25, 0.3) is 0 Å². The number of thioether (sulfide) groups is 2. The molecule has 0 radical (unpaired) electrons. The SMILES string of the molecule is C=CCO[C@@]12Oc3ccc(Oc4ccc(SC)cc4)cc3[C@H]3[C@H](CCCCO)[C@@H](CCCCO)C=C(C(=NOC4CCCCO4)C[C@@H]1SC1CCCC1)[C@H]32. The molecule has 0 spiro atoms. The van der Waals surface area contributed by atoms with Crippen molar-refractivity contribution in [2.75, 3.05) is 32.7 Å². The largest absolute Gasteiger partial charge is 0.460 e. The third-order valence-electron chi connectivity index (χ3n) is 12.0. The maximum absolute atomic E-state index is 9.93. The van der Waals surface area contributed by atoms with Crippen molar-refractivity contribution < 1.29 is 34.0 Å². The molecule has 2 saturated carbocycles. The summed E-state index contributed by atoms with van der Waals surface area (Å²) in [5.74, 6) is 1.81. The van der Waals surface area contributed by atoms with E-state index in [9.17, 15) is 10.2 Å². The zero-order valence-electron chi connectivity index (χ0n) is 31.9. The van der Waals surface area contributed by atoms with Gasteiger partial charge in [0.1, 0.15) is 17.2 Å². The van der Waals surface area contributed by atoms with E-state index in [1.165, 1.54) is 30.6 Å². The second kappa shape index (κ2) is 19.1. The molecule has 54 heavy (non-hydrogen) atoms. The van der Waals surface area contributed by atoms with Crippen LogP contribution in [0.1, 0.15) is 101 Å². The van der Waals surface area contributed by atoms with Gasteiger partial charge in [-0.1, -0.05) is 43.0 Å². The number of fused-ring (bicyclic) bond motifs is 2. The maximum atomic E-state index is 9.93. The predicted molar refractivity (Wildman–Crippen MR) is 218 cm³/mol. The monoisotopic (exact) mass is 777 g/mol. The van der Waals surface area contributed by atoms with E-state index in [0.717, 1.165) is 91.9 Å². The van der Waals surface area contributed by atoms with Gasteiger partial charge in [0.2, 0.25) is 12.1 Å². The van der Waals surface area contributed by atoms with Crippen LogP contribution in [0.2, 0.25) is 0 Å². The molecule has 7 atom stereocenters. The van der Waals surface area contributed by atoms with Gasteiger partial charge in [-0.15, -0.1) is 30.1 Å². The summed E-state index contributed by atoms with van der Waals surface area (Å²) in [6, 6.07) is 14.5. The summed E-state index contributed by atoms with van der Waals surface area (Å²) in [5.41, 5.74) is 3.26. The normalized spacial score (nSPS) is 29.9. The predicted octanol–water partition coefficient (Wildman–Crippen LogP) is 10.0. The van der Waals surface area contributed by atoms with Crippen LogP contribution in [-0.2, 0) is 14.3 Å². The number of hydrogen-bond acceptors (Lipinski definition) is 10. The number of unbranched alkanes of at least 4 members (excludes halogenated alkanes) is 2. The number of rotatable bonds is 18. The highest BCUT2D eigenvalue weighted by molar-refractivity contribution is 8.00. The van der Waals surface area contributed by atoms with E-state index in [1.54, 1.807) is 11.8 Å². The maximum Gasteiger partial charge on any atom is 0.230 e. The molecule has 3 aliphatic carbocycles. The van der Waals surface area contributed by atoms with Crippen molar-refractivity contribution in [3.8, 4) is 17.2 Å². The standard InChI is InChI=1S/C44H59NO7S2/c1-3-25-49-44-40(54-34-13-4-5-14-34)29-38(45-52-41-16-8-11-26-48-41)36-27-30(12-6-9-23-46)35(15-7-10-24-47)42(43(36)44)37-28-32(19-22-39(37)51-44)50-31-17-20-33(53-2)21-18-31/h3,17-22,27-28,30,34-35,40-43,46-47H,1,4-16,23-26,29H2,2H3/t30-,35+,40-,41?,42+,43+,44+/m0/s1. The molecule has 2 aliphatic heterocycles. The lowest BCUT2D eigenvalue weighted by molar-refractivity contribution is -0.223. The number of aliphatic hydroxyl groups is 2. The molecule has 3 fully saturated rings. The highest BCUT2D eigenvalue weighted by Gasteiger charge is 2.64. The molecule has 10 heteroatoms. The van der Waals surface area contributed by atoms with Gasteiger partial charge in [-0.25, -0.2) is 0 Å². The van der Waals surface area contributed by atoms with E-state index < -0.39 is 5.79 Å². The lowest BCUT2D eigenvalue weighted by Crippen LogP contribution is -2.64. The quantitative estimate of drug-likeness (QED) is 0.0663. The van der Waals surface area contributed by atoms with Gasteiger partial charge in [-0.3, -0.25) is 0 Å². The van der Waals surface area contributed by atoms with Crippen molar-refractivity contribution in [2.24, 2.45) is 22.9 Å². The zero-order chi connectivity index (χ0) is 37.3. The number of allylic oxidation sites excluding steroid dienone is 1. The molecule has 0 amide bonds. The Morgan fingerprint density at radius 1 is 0.944 bits per heavy atom. The van der Waals surface area contributed by atoms with Crippen LogP contribution in [0.3, 0.4) is 0 Å². The van der Waals surface area contributed by atoms with E-state index in [0.29, 0.717) is 24.9 Å². The van der Waals surface area contributed by atoms with Crippen molar-refractivity contribution in [1.29, 1.82) is 0 Å². The minimum Gasteiger partial charge on any atom is -0.460 e. The first-order valence-corrected chi connectivity index (χ1v) is 22.6. The highest BCUT2D eigenvalue weighted by Crippen LogP contribution is 2.63. The fourth-order valence-electron chi connectivity index (χ4n) is 9.46. The summed E-state index contributed by atoms with van der Waals surface area (Å²) in [4.78, 5) is 7.46. The fraction of sp³-hybridized carbons (Fsp3) is 0.614. The molecule has 2 aromatic rings. The molecular formula is C44H59NO7S2. The third-order valence-corrected chi connectivity index (χ3v) is 14.4. The van der Waals surface area contributed by atoms with E-state index >= 15 is 0 Å². The molecule has 294 valence electrons. The molecule has 0 aromatic heterocycles. The summed E-state index contributed by atoms with van der Waals surface area (Å²) in [6.07, 6.45) is 19.8. The third kappa shape index (κ3) is 8.89. The smallest absolute Gasteiger partial charge is 0.230 e. The second-order valence-electron chi connectivity index (χ2n) is 15.5. The first kappa shape index (κ1) is 39.8. The van der Waals surface area contributed by atoms with E-state index in [4.69, 9.17) is 28.9 Å². The molecule has 2 aromatic carbocycles. The minimum absolute atomic E-state index is 0.0251. The molecule has 7 rings (SSSR count).